The Morgan fingerprint density at radius 3 is 2.34 bits per heavy atom. The van der Waals surface area contributed by atoms with E-state index in [9.17, 15) is 14.7 Å². The molecule has 0 unspecified atom stereocenters. The largest absolute Gasteiger partial charge is 0.491 e. The van der Waals surface area contributed by atoms with E-state index in [2.05, 4.69) is 25.6 Å². The summed E-state index contributed by atoms with van der Waals surface area (Å²) in [5.41, 5.74) is 0.799. The van der Waals surface area contributed by atoms with Crippen LogP contribution in [0.15, 0.2) is 47.3 Å². The molecule has 35 heavy (non-hydrogen) atoms. The van der Waals surface area contributed by atoms with E-state index in [1.165, 1.54) is 12.1 Å². The fourth-order valence-corrected chi connectivity index (χ4v) is 3.19. The second kappa shape index (κ2) is 11.8. The van der Waals surface area contributed by atoms with Gasteiger partial charge in [-0.2, -0.15) is 9.97 Å². The number of aromatic nitrogens is 3. The molecule has 0 atom stereocenters. The SMILES string of the molecule is O=C(O)c1ccc2cc1OCCOCCOCCOc1ccc(cc1)CNc1nc([nH]c(=O)n1)N2. The maximum absolute atomic E-state index is 12.0. The Morgan fingerprint density at radius 2 is 1.60 bits per heavy atom. The second-order valence-electron chi connectivity index (χ2n) is 7.39. The minimum absolute atomic E-state index is 0.00573. The molecule has 6 bridgehead atoms. The van der Waals surface area contributed by atoms with Gasteiger partial charge in [-0.1, -0.05) is 12.1 Å². The Hall–Kier alpha value is -4.16. The molecule has 0 spiro atoms. The summed E-state index contributed by atoms with van der Waals surface area (Å²) in [5, 5.41) is 15.4. The van der Waals surface area contributed by atoms with Crippen LogP contribution >= 0.6 is 0 Å². The van der Waals surface area contributed by atoms with Crippen molar-refractivity contribution < 1.29 is 28.8 Å². The number of carboxylic acid groups (broad SMARTS) is 1. The van der Waals surface area contributed by atoms with Crippen LogP contribution in [0.3, 0.4) is 0 Å². The molecular formula is C23H25N5O7. The summed E-state index contributed by atoms with van der Waals surface area (Å²) < 4.78 is 22.3. The van der Waals surface area contributed by atoms with E-state index in [1.54, 1.807) is 6.07 Å². The zero-order valence-electron chi connectivity index (χ0n) is 18.8. The fourth-order valence-electron chi connectivity index (χ4n) is 3.19. The maximum atomic E-state index is 12.0. The lowest BCUT2D eigenvalue weighted by molar-refractivity contribution is 0.0272. The molecule has 2 aliphatic heterocycles. The summed E-state index contributed by atoms with van der Waals surface area (Å²) in [5.74, 6) is -0.00778. The van der Waals surface area contributed by atoms with Gasteiger partial charge in [0.15, 0.2) is 0 Å². The zero-order valence-corrected chi connectivity index (χ0v) is 18.8. The van der Waals surface area contributed by atoms with E-state index in [0.717, 1.165) is 5.56 Å². The van der Waals surface area contributed by atoms with Crippen LogP contribution in [-0.2, 0) is 16.0 Å². The number of hydrogen-bond acceptors (Lipinski definition) is 10. The Bertz CT molecular complexity index is 1200. The van der Waals surface area contributed by atoms with Crippen LogP contribution in [0.25, 0.3) is 0 Å². The average Bonchev–Trinajstić information content (AvgIpc) is 2.84. The van der Waals surface area contributed by atoms with Gasteiger partial charge in [-0.3, -0.25) is 4.98 Å². The highest BCUT2D eigenvalue weighted by atomic mass is 16.6. The van der Waals surface area contributed by atoms with Gasteiger partial charge in [0.05, 0.1) is 26.4 Å². The first-order valence-corrected chi connectivity index (χ1v) is 10.9. The number of ether oxygens (including phenoxy) is 4. The zero-order chi connectivity index (χ0) is 24.5. The average molecular weight is 483 g/mol. The molecule has 0 radical (unpaired) electrons. The van der Waals surface area contributed by atoms with E-state index >= 15 is 0 Å². The summed E-state index contributed by atoms with van der Waals surface area (Å²) in [6.45, 7) is 2.34. The van der Waals surface area contributed by atoms with Gasteiger partial charge in [-0.05, 0) is 29.8 Å². The third-order valence-electron chi connectivity index (χ3n) is 4.85. The predicted molar refractivity (Wildman–Crippen MR) is 126 cm³/mol. The predicted octanol–water partition coefficient (Wildman–Crippen LogP) is 2.02. The summed E-state index contributed by atoms with van der Waals surface area (Å²) >= 11 is 0. The van der Waals surface area contributed by atoms with Crippen LogP contribution in [-0.4, -0.2) is 65.7 Å². The molecule has 3 aromatic rings. The molecule has 4 N–H and O–H groups in total. The Balaban J connectivity index is 1.55. The van der Waals surface area contributed by atoms with Crippen molar-refractivity contribution in [3.05, 3.63) is 64.1 Å². The number of anilines is 3. The van der Waals surface area contributed by atoms with Gasteiger partial charge in [0.2, 0.25) is 11.9 Å². The number of aromatic amines is 1. The fraction of sp³-hybridized carbons (Fsp3) is 0.304. The van der Waals surface area contributed by atoms with Crippen LogP contribution in [0, 0.1) is 0 Å². The van der Waals surface area contributed by atoms with Crippen molar-refractivity contribution in [1.82, 2.24) is 15.0 Å². The highest BCUT2D eigenvalue weighted by Gasteiger charge is 2.13. The number of carbonyl (C=O) groups is 1. The molecule has 0 aliphatic carbocycles. The molecule has 184 valence electrons. The molecule has 0 saturated heterocycles. The van der Waals surface area contributed by atoms with Gasteiger partial charge in [0.25, 0.3) is 0 Å². The van der Waals surface area contributed by atoms with E-state index < -0.39 is 11.7 Å². The van der Waals surface area contributed by atoms with E-state index in [0.29, 0.717) is 44.4 Å². The van der Waals surface area contributed by atoms with E-state index in [1.807, 2.05) is 24.3 Å². The van der Waals surface area contributed by atoms with Gasteiger partial charge >= 0.3 is 11.7 Å². The van der Waals surface area contributed by atoms with Gasteiger partial charge < -0.3 is 34.7 Å². The third kappa shape index (κ3) is 7.16. The summed E-state index contributed by atoms with van der Waals surface area (Å²) in [6, 6.07) is 11.9. The number of hydrogen-bond donors (Lipinski definition) is 4. The van der Waals surface area contributed by atoms with Gasteiger partial charge in [-0.25, -0.2) is 9.59 Å². The van der Waals surface area contributed by atoms with Crippen molar-refractivity contribution >= 4 is 23.6 Å². The second-order valence-corrected chi connectivity index (χ2v) is 7.39. The number of fused-ring (bicyclic) bond motifs is 12. The third-order valence-corrected chi connectivity index (χ3v) is 4.85. The van der Waals surface area contributed by atoms with Crippen molar-refractivity contribution in [2.24, 2.45) is 0 Å². The first kappa shape index (κ1) is 24.0. The molecule has 0 saturated carbocycles. The summed E-state index contributed by atoms with van der Waals surface area (Å²) in [4.78, 5) is 34.3. The van der Waals surface area contributed by atoms with Crippen molar-refractivity contribution in [1.29, 1.82) is 0 Å². The quantitative estimate of drug-likeness (QED) is 0.375. The standard InChI is InChI=1S/C23H25N5O7/c29-20(30)18-6-3-16-13-19(18)35-12-10-33-8-7-32-9-11-34-17-4-1-15(2-5-17)14-24-21-26-22(25-16)28-23(31)27-21/h1-6,13H,7-12,14H2,(H,29,30)(H3,24,25,26,27,28,31). The normalized spacial score (nSPS) is 15.1. The first-order valence-electron chi connectivity index (χ1n) is 10.9. The Kier molecular flexibility index (Phi) is 8.09. The smallest absolute Gasteiger partial charge is 0.351 e. The molecule has 3 heterocycles. The van der Waals surface area contributed by atoms with E-state index in [4.69, 9.17) is 18.9 Å². The monoisotopic (exact) mass is 483 g/mol. The molecule has 2 aliphatic rings. The van der Waals surface area contributed by atoms with E-state index in [-0.39, 0.29) is 36.4 Å². The summed E-state index contributed by atoms with van der Waals surface area (Å²) in [7, 11) is 0. The number of H-pyrrole nitrogens is 1. The Labute approximate surface area is 200 Å². The highest BCUT2D eigenvalue weighted by Crippen LogP contribution is 2.25. The molecule has 1 aromatic heterocycles. The number of nitrogens with zero attached hydrogens (tertiary/aromatic N) is 2. The number of nitrogens with one attached hydrogen (secondary N) is 3. The van der Waals surface area contributed by atoms with Crippen molar-refractivity contribution in [3.63, 3.8) is 0 Å². The molecular weight excluding hydrogens is 458 g/mol. The van der Waals surface area contributed by atoms with Crippen molar-refractivity contribution in [2.45, 2.75) is 6.54 Å². The molecule has 0 amide bonds. The molecule has 12 nitrogen and oxygen atoms in total. The van der Waals surface area contributed by atoms with Gasteiger partial charge in [0.1, 0.15) is 30.3 Å². The molecule has 5 rings (SSSR count). The van der Waals surface area contributed by atoms with Crippen LogP contribution < -0.4 is 25.8 Å². The number of benzene rings is 2. The Morgan fingerprint density at radius 1 is 0.886 bits per heavy atom. The maximum Gasteiger partial charge on any atom is 0.351 e. The number of aromatic carboxylic acids is 1. The lowest BCUT2D eigenvalue weighted by Gasteiger charge is -2.13. The number of rotatable bonds is 1. The molecule has 0 fully saturated rings. The topological polar surface area (TPSA) is 157 Å². The van der Waals surface area contributed by atoms with Crippen molar-refractivity contribution in [2.75, 3.05) is 50.3 Å². The lowest BCUT2D eigenvalue weighted by atomic mass is 10.2. The lowest BCUT2D eigenvalue weighted by Crippen LogP contribution is -2.18. The van der Waals surface area contributed by atoms with Crippen LogP contribution in [0.1, 0.15) is 15.9 Å². The van der Waals surface area contributed by atoms with Crippen LogP contribution in [0.2, 0.25) is 0 Å². The summed E-state index contributed by atoms with van der Waals surface area (Å²) in [6.07, 6.45) is 0. The minimum atomic E-state index is -1.13. The molecule has 2 aromatic carbocycles. The van der Waals surface area contributed by atoms with Crippen LogP contribution in [0.4, 0.5) is 17.6 Å². The minimum Gasteiger partial charge on any atom is -0.491 e. The molecule has 12 heteroatoms. The van der Waals surface area contributed by atoms with Crippen LogP contribution in [0.5, 0.6) is 11.5 Å². The highest BCUT2D eigenvalue weighted by molar-refractivity contribution is 5.91. The number of carboxylic acids is 1. The van der Waals surface area contributed by atoms with Gasteiger partial charge in [-0.15, -0.1) is 0 Å². The van der Waals surface area contributed by atoms with Gasteiger partial charge in [0, 0.05) is 18.3 Å². The first-order chi connectivity index (χ1) is 17.1. The van der Waals surface area contributed by atoms with Crippen molar-refractivity contribution in [3.8, 4) is 11.5 Å².